The third kappa shape index (κ3) is 6.05. The van der Waals surface area contributed by atoms with Gasteiger partial charge in [0.25, 0.3) is 0 Å². The molecule has 2 saturated heterocycles. The maximum atomic E-state index is 14.2. The fourth-order valence-corrected chi connectivity index (χ4v) is 8.75. The number of carbonyl (C=O) groups is 2. The van der Waals surface area contributed by atoms with E-state index in [1.54, 1.807) is 0 Å². The van der Waals surface area contributed by atoms with Crippen molar-refractivity contribution in [1.82, 2.24) is 15.5 Å². The van der Waals surface area contributed by atoms with E-state index in [9.17, 15) is 22.8 Å². The van der Waals surface area contributed by atoms with Crippen LogP contribution >= 0.6 is 0 Å². The van der Waals surface area contributed by atoms with Crippen LogP contribution in [-0.4, -0.2) is 53.6 Å². The summed E-state index contributed by atoms with van der Waals surface area (Å²) in [6.07, 6.45) is 7.20. The van der Waals surface area contributed by atoms with Crippen molar-refractivity contribution < 1.29 is 22.8 Å². The first kappa shape index (κ1) is 28.2. The van der Waals surface area contributed by atoms with Crippen LogP contribution in [-0.2, 0) is 9.59 Å². The van der Waals surface area contributed by atoms with Gasteiger partial charge < -0.3 is 15.5 Å². The lowest BCUT2D eigenvalue weighted by molar-refractivity contribution is -0.186. The number of alkyl halides is 3. The quantitative estimate of drug-likeness (QED) is 0.473. The van der Waals surface area contributed by atoms with E-state index in [0.717, 1.165) is 51.5 Å². The van der Waals surface area contributed by atoms with Gasteiger partial charge in [-0.1, -0.05) is 32.6 Å². The van der Waals surface area contributed by atoms with Gasteiger partial charge in [-0.2, -0.15) is 13.2 Å². The summed E-state index contributed by atoms with van der Waals surface area (Å²) in [5, 5.41) is 6.82. The second-order valence-corrected chi connectivity index (χ2v) is 13.5. The standard InChI is InChI=1S/C30H48F3N3O2/c1-18-11-12-23(35-28(37)20-7-6-8-22(14-20)30(31,32)33)16-25(18)26-15-21-17-34-19(2)13-27(21)36(29(26)38)24-9-4-3-5-10-24/h18-27,34H,3-17H2,1-2H3,(H,35,37). The van der Waals surface area contributed by atoms with Gasteiger partial charge in [-0.3, -0.25) is 9.59 Å². The Hall–Kier alpha value is -1.31. The van der Waals surface area contributed by atoms with Crippen LogP contribution in [0.5, 0.6) is 0 Å². The Labute approximate surface area is 226 Å². The molecule has 216 valence electrons. The summed E-state index contributed by atoms with van der Waals surface area (Å²) in [5.41, 5.74) is 0. The maximum Gasteiger partial charge on any atom is 0.391 e. The highest BCUT2D eigenvalue weighted by Crippen LogP contribution is 2.46. The SMILES string of the molecule is CC1CC2C(CN1)CC(C1CC(NC(=O)C3CCCC(C(F)(F)F)C3)CCC1C)C(=O)N2C1CCCCC1. The zero-order valence-corrected chi connectivity index (χ0v) is 23.3. The number of fused-ring (bicyclic) bond motifs is 1. The van der Waals surface area contributed by atoms with Crippen LogP contribution in [0.3, 0.4) is 0 Å². The van der Waals surface area contributed by atoms with E-state index in [1.807, 2.05) is 0 Å². The molecule has 2 aliphatic heterocycles. The first-order chi connectivity index (χ1) is 18.1. The van der Waals surface area contributed by atoms with Crippen LogP contribution < -0.4 is 10.6 Å². The van der Waals surface area contributed by atoms with Crippen molar-refractivity contribution in [2.45, 2.75) is 134 Å². The number of nitrogens with one attached hydrogen (secondary N) is 2. The predicted molar refractivity (Wildman–Crippen MR) is 141 cm³/mol. The van der Waals surface area contributed by atoms with Crippen LogP contribution in [0.25, 0.3) is 0 Å². The Balaban J connectivity index is 1.27. The summed E-state index contributed by atoms with van der Waals surface area (Å²) in [4.78, 5) is 29.7. The molecule has 5 aliphatic rings. The smallest absolute Gasteiger partial charge is 0.353 e. The number of piperidine rings is 2. The minimum atomic E-state index is -4.22. The summed E-state index contributed by atoms with van der Waals surface area (Å²) in [6.45, 7) is 5.44. The Kier molecular flexibility index (Phi) is 8.66. The molecule has 5 rings (SSSR count). The van der Waals surface area contributed by atoms with E-state index < -0.39 is 18.0 Å². The molecular formula is C30H48F3N3O2. The third-order valence-electron chi connectivity index (χ3n) is 11.0. The lowest BCUT2D eigenvalue weighted by Crippen LogP contribution is -2.64. The van der Waals surface area contributed by atoms with Gasteiger partial charge in [-0.25, -0.2) is 0 Å². The summed E-state index contributed by atoms with van der Waals surface area (Å²) < 4.78 is 39.9. The zero-order chi connectivity index (χ0) is 27.0. The largest absolute Gasteiger partial charge is 0.391 e. The van der Waals surface area contributed by atoms with Crippen molar-refractivity contribution >= 4 is 11.8 Å². The second kappa shape index (κ2) is 11.7. The minimum Gasteiger partial charge on any atom is -0.353 e. The molecule has 9 atom stereocenters. The van der Waals surface area contributed by atoms with Gasteiger partial charge in [0.05, 0.1) is 5.92 Å². The molecular weight excluding hydrogens is 491 g/mol. The summed E-state index contributed by atoms with van der Waals surface area (Å²) in [7, 11) is 0. The van der Waals surface area contributed by atoms with Crippen LogP contribution in [0, 0.1) is 35.5 Å². The number of halogens is 3. The molecule has 3 saturated carbocycles. The molecule has 0 bridgehead atoms. The van der Waals surface area contributed by atoms with Gasteiger partial charge in [0.15, 0.2) is 0 Å². The monoisotopic (exact) mass is 539 g/mol. The van der Waals surface area contributed by atoms with Gasteiger partial charge in [0.2, 0.25) is 11.8 Å². The van der Waals surface area contributed by atoms with Gasteiger partial charge in [0, 0.05) is 42.5 Å². The molecule has 8 heteroatoms. The van der Waals surface area contributed by atoms with E-state index in [0.29, 0.717) is 48.7 Å². The average Bonchev–Trinajstić information content (AvgIpc) is 2.89. The van der Waals surface area contributed by atoms with E-state index in [-0.39, 0.29) is 36.6 Å². The Morgan fingerprint density at radius 1 is 0.921 bits per heavy atom. The molecule has 5 nitrogen and oxygen atoms in total. The van der Waals surface area contributed by atoms with Crippen LogP contribution in [0.1, 0.15) is 104 Å². The lowest BCUT2D eigenvalue weighted by Gasteiger charge is -2.54. The first-order valence-corrected chi connectivity index (χ1v) is 15.5. The van der Waals surface area contributed by atoms with E-state index in [1.165, 1.54) is 19.3 Å². The van der Waals surface area contributed by atoms with Crippen molar-refractivity contribution in [1.29, 1.82) is 0 Å². The zero-order valence-electron chi connectivity index (χ0n) is 23.3. The van der Waals surface area contributed by atoms with Crippen molar-refractivity contribution in [3.63, 3.8) is 0 Å². The number of likely N-dealkylation sites (tertiary alicyclic amines) is 1. The van der Waals surface area contributed by atoms with Gasteiger partial charge in [-0.05, 0) is 88.9 Å². The summed E-state index contributed by atoms with van der Waals surface area (Å²) >= 11 is 0. The molecule has 2 amide bonds. The molecule has 0 spiro atoms. The highest BCUT2D eigenvalue weighted by atomic mass is 19.4. The van der Waals surface area contributed by atoms with E-state index in [4.69, 9.17) is 0 Å². The molecule has 0 aromatic carbocycles. The van der Waals surface area contributed by atoms with Crippen molar-refractivity contribution in [2.24, 2.45) is 35.5 Å². The Bertz CT molecular complexity index is 845. The number of hydrogen-bond acceptors (Lipinski definition) is 3. The topological polar surface area (TPSA) is 61.4 Å². The number of rotatable bonds is 4. The molecule has 9 unspecified atom stereocenters. The fourth-order valence-electron chi connectivity index (χ4n) is 8.75. The maximum absolute atomic E-state index is 14.2. The van der Waals surface area contributed by atoms with E-state index in [2.05, 4.69) is 29.4 Å². The fraction of sp³-hybridized carbons (Fsp3) is 0.933. The van der Waals surface area contributed by atoms with Crippen LogP contribution in [0.15, 0.2) is 0 Å². The molecule has 0 radical (unpaired) electrons. The van der Waals surface area contributed by atoms with Crippen LogP contribution in [0.2, 0.25) is 0 Å². The number of carbonyl (C=O) groups excluding carboxylic acids is 2. The summed E-state index contributed by atoms with van der Waals surface area (Å²) in [5.74, 6) is -0.715. The van der Waals surface area contributed by atoms with Gasteiger partial charge in [-0.15, -0.1) is 0 Å². The Morgan fingerprint density at radius 2 is 1.68 bits per heavy atom. The number of hydrogen-bond donors (Lipinski definition) is 2. The molecule has 3 aliphatic carbocycles. The van der Waals surface area contributed by atoms with Crippen molar-refractivity contribution in [3.8, 4) is 0 Å². The average molecular weight is 540 g/mol. The molecule has 5 fully saturated rings. The van der Waals surface area contributed by atoms with Crippen molar-refractivity contribution in [2.75, 3.05) is 6.54 Å². The number of amides is 2. The molecule has 0 aromatic rings. The van der Waals surface area contributed by atoms with Crippen molar-refractivity contribution in [3.05, 3.63) is 0 Å². The molecule has 2 heterocycles. The van der Waals surface area contributed by atoms with Gasteiger partial charge >= 0.3 is 6.18 Å². The van der Waals surface area contributed by atoms with Gasteiger partial charge in [0.1, 0.15) is 0 Å². The molecule has 2 N–H and O–H groups in total. The molecule has 38 heavy (non-hydrogen) atoms. The Morgan fingerprint density at radius 3 is 2.42 bits per heavy atom. The second-order valence-electron chi connectivity index (χ2n) is 13.5. The third-order valence-corrected chi connectivity index (χ3v) is 11.0. The highest BCUT2D eigenvalue weighted by Gasteiger charge is 2.50. The first-order valence-electron chi connectivity index (χ1n) is 15.5. The minimum absolute atomic E-state index is 0.0209. The number of nitrogens with zero attached hydrogens (tertiary/aromatic N) is 1. The molecule has 0 aromatic heterocycles. The van der Waals surface area contributed by atoms with Crippen LogP contribution in [0.4, 0.5) is 13.2 Å². The summed E-state index contributed by atoms with van der Waals surface area (Å²) in [6, 6.07) is 1.07. The normalized spacial score (nSPS) is 41.4. The lowest BCUT2D eigenvalue weighted by atomic mass is 9.65. The predicted octanol–water partition coefficient (Wildman–Crippen LogP) is 5.82. The van der Waals surface area contributed by atoms with E-state index >= 15 is 0 Å². The highest BCUT2D eigenvalue weighted by molar-refractivity contribution is 5.81.